The molecule has 0 aliphatic heterocycles. The molecule has 2 N–H and O–H groups in total. The highest BCUT2D eigenvalue weighted by Gasteiger charge is 2.17. The fourth-order valence-electron chi connectivity index (χ4n) is 1.96. The third-order valence-corrected chi connectivity index (χ3v) is 3.11. The van der Waals surface area contributed by atoms with Gasteiger partial charge in [-0.1, -0.05) is 19.1 Å². The quantitative estimate of drug-likeness (QED) is 0.756. The van der Waals surface area contributed by atoms with E-state index in [1.54, 1.807) is 12.1 Å². The predicted molar refractivity (Wildman–Crippen MR) is 70.2 cm³/mol. The van der Waals surface area contributed by atoms with E-state index in [0.29, 0.717) is 13.1 Å². The van der Waals surface area contributed by atoms with Crippen LogP contribution in [0, 0.1) is 5.82 Å². The van der Waals surface area contributed by atoms with Crippen molar-refractivity contribution < 1.29 is 19.4 Å². The van der Waals surface area contributed by atoms with E-state index in [0.717, 1.165) is 12.0 Å². The number of carboxylic acid groups (broad SMARTS) is 1. The Morgan fingerprint density at radius 3 is 2.47 bits per heavy atom. The normalized spacial score (nSPS) is 12.6. The number of nitrogens with zero attached hydrogens (tertiary/aromatic N) is 1. The number of aliphatic carboxylic acids is 1. The minimum atomic E-state index is -0.864. The van der Waals surface area contributed by atoms with Crippen molar-refractivity contribution in [2.24, 2.45) is 0 Å². The van der Waals surface area contributed by atoms with E-state index < -0.39 is 5.97 Å². The van der Waals surface area contributed by atoms with Crippen LogP contribution >= 0.6 is 0 Å². The molecule has 1 aromatic rings. The Bertz CT molecular complexity index is 390. The molecule has 4 nitrogen and oxygen atoms in total. The van der Waals surface area contributed by atoms with Crippen molar-refractivity contribution in [1.82, 2.24) is 4.90 Å². The van der Waals surface area contributed by atoms with Gasteiger partial charge in [0, 0.05) is 19.1 Å². The summed E-state index contributed by atoms with van der Waals surface area (Å²) in [6, 6.07) is 6.03. The van der Waals surface area contributed by atoms with Crippen LogP contribution in [0.2, 0.25) is 0 Å². The fraction of sp³-hybridized carbons (Fsp3) is 0.500. The summed E-state index contributed by atoms with van der Waals surface area (Å²) in [7, 11) is 0. The summed E-state index contributed by atoms with van der Waals surface area (Å²) in [6.45, 7) is 2.80. The Morgan fingerprint density at radius 1 is 1.37 bits per heavy atom. The summed E-state index contributed by atoms with van der Waals surface area (Å²) in [5.74, 6) is -1.16. The van der Waals surface area contributed by atoms with E-state index in [2.05, 4.69) is 0 Å². The van der Waals surface area contributed by atoms with E-state index >= 15 is 0 Å². The zero-order valence-electron chi connectivity index (χ0n) is 11.1. The van der Waals surface area contributed by atoms with Gasteiger partial charge in [0.1, 0.15) is 5.82 Å². The topological polar surface area (TPSA) is 60.8 Å². The van der Waals surface area contributed by atoms with E-state index in [9.17, 15) is 14.3 Å². The Balaban J connectivity index is 2.71. The van der Waals surface area contributed by atoms with Gasteiger partial charge in [0.05, 0.1) is 13.0 Å². The summed E-state index contributed by atoms with van der Waals surface area (Å²) in [5, 5.41) is 18.1. The zero-order valence-corrected chi connectivity index (χ0v) is 11.1. The van der Waals surface area contributed by atoms with Crippen LogP contribution in [0.25, 0.3) is 0 Å². The van der Waals surface area contributed by atoms with Crippen molar-refractivity contribution in [3.05, 3.63) is 35.6 Å². The van der Waals surface area contributed by atoms with Crippen LogP contribution in [-0.4, -0.2) is 40.3 Å². The summed E-state index contributed by atoms with van der Waals surface area (Å²) in [4.78, 5) is 12.6. The molecule has 0 aliphatic rings. The second-order valence-corrected chi connectivity index (χ2v) is 4.49. The number of hydrogen-bond donors (Lipinski definition) is 2. The first kappa shape index (κ1) is 15.6. The number of hydrogen-bond acceptors (Lipinski definition) is 3. The average molecular weight is 269 g/mol. The standard InChI is InChI=1S/C14H20FNO3/c1-2-13(10-17)16(8-7-14(18)19)9-11-3-5-12(15)6-4-11/h3-6,13,17H,2,7-10H2,1H3,(H,18,19). The van der Waals surface area contributed by atoms with Crippen molar-refractivity contribution in [3.63, 3.8) is 0 Å². The van der Waals surface area contributed by atoms with Crippen molar-refractivity contribution in [2.75, 3.05) is 13.2 Å². The number of rotatable bonds is 8. The molecule has 1 aromatic carbocycles. The lowest BCUT2D eigenvalue weighted by Gasteiger charge is -2.29. The first-order valence-electron chi connectivity index (χ1n) is 6.38. The third kappa shape index (κ3) is 5.36. The highest BCUT2D eigenvalue weighted by molar-refractivity contribution is 5.66. The minimum absolute atomic E-state index is 0.0166. The lowest BCUT2D eigenvalue weighted by atomic mass is 10.1. The number of carbonyl (C=O) groups is 1. The summed E-state index contributed by atoms with van der Waals surface area (Å²) in [6.07, 6.45) is 0.759. The highest BCUT2D eigenvalue weighted by Crippen LogP contribution is 2.12. The maximum Gasteiger partial charge on any atom is 0.304 e. The smallest absolute Gasteiger partial charge is 0.304 e. The number of aliphatic hydroxyl groups excluding tert-OH is 1. The van der Waals surface area contributed by atoms with Gasteiger partial charge in [0.15, 0.2) is 0 Å². The van der Waals surface area contributed by atoms with Gasteiger partial charge in [-0.2, -0.15) is 0 Å². The molecule has 1 rings (SSSR count). The number of halogens is 1. The van der Waals surface area contributed by atoms with Gasteiger partial charge < -0.3 is 10.2 Å². The van der Waals surface area contributed by atoms with Gasteiger partial charge >= 0.3 is 5.97 Å². The average Bonchev–Trinajstić information content (AvgIpc) is 2.39. The zero-order chi connectivity index (χ0) is 14.3. The van der Waals surface area contributed by atoms with Gasteiger partial charge in [0.25, 0.3) is 0 Å². The molecule has 0 saturated heterocycles. The summed E-state index contributed by atoms with van der Waals surface area (Å²) >= 11 is 0. The lowest BCUT2D eigenvalue weighted by Crippen LogP contribution is -2.38. The van der Waals surface area contributed by atoms with Crippen LogP contribution in [0.5, 0.6) is 0 Å². The molecule has 5 heteroatoms. The summed E-state index contributed by atoms with van der Waals surface area (Å²) in [5.41, 5.74) is 0.902. The van der Waals surface area contributed by atoms with E-state index in [-0.39, 0.29) is 24.9 Å². The van der Waals surface area contributed by atoms with E-state index in [1.807, 2.05) is 11.8 Å². The van der Waals surface area contributed by atoms with E-state index in [4.69, 9.17) is 5.11 Å². The largest absolute Gasteiger partial charge is 0.481 e. The molecule has 0 amide bonds. The molecular formula is C14H20FNO3. The van der Waals surface area contributed by atoms with Crippen molar-refractivity contribution in [3.8, 4) is 0 Å². The van der Waals surface area contributed by atoms with Crippen LogP contribution in [0.15, 0.2) is 24.3 Å². The van der Waals surface area contributed by atoms with Crippen LogP contribution in [0.3, 0.4) is 0 Å². The maximum atomic E-state index is 12.8. The SMILES string of the molecule is CCC(CO)N(CCC(=O)O)Cc1ccc(F)cc1. The number of aliphatic hydroxyl groups is 1. The van der Waals surface area contributed by atoms with Gasteiger partial charge in [-0.25, -0.2) is 4.39 Å². The highest BCUT2D eigenvalue weighted by atomic mass is 19.1. The molecule has 1 unspecified atom stereocenters. The third-order valence-electron chi connectivity index (χ3n) is 3.11. The van der Waals surface area contributed by atoms with Gasteiger partial charge in [-0.3, -0.25) is 9.69 Å². The molecule has 0 fully saturated rings. The number of carboxylic acids is 1. The van der Waals surface area contributed by atoms with Crippen molar-refractivity contribution >= 4 is 5.97 Å². The number of benzene rings is 1. The first-order valence-corrected chi connectivity index (χ1v) is 6.38. The molecule has 1 atom stereocenters. The van der Waals surface area contributed by atoms with E-state index in [1.165, 1.54) is 12.1 Å². The van der Waals surface area contributed by atoms with Crippen LogP contribution in [0.1, 0.15) is 25.3 Å². The fourth-order valence-corrected chi connectivity index (χ4v) is 1.96. The Hall–Kier alpha value is -1.46. The van der Waals surface area contributed by atoms with Crippen LogP contribution in [0.4, 0.5) is 4.39 Å². The Morgan fingerprint density at radius 2 is 2.00 bits per heavy atom. The first-order chi connectivity index (χ1) is 9.06. The van der Waals surface area contributed by atoms with Crippen molar-refractivity contribution in [1.29, 1.82) is 0 Å². The van der Waals surface area contributed by atoms with Crippen LogP contribution in [-0.2, 0) is 11.3 Å². The molecule has 106 valence electrons. The molecule has 0 saturated carbocycles. The molecule has 0 bridgehead atoms. The van der Waals surface area contributed by atoms with Gasteiger partial charge in [-0.05, 0) is 24.1 Å². The molecule has 0 aromatic heterocycles. The Labute approximate surface area is 112 Å². The van der Waals surface area contributed by atoms with Crippen LogP contribution < -0.4 is 0 Å². The Kier molecular flexibility index (Phi) is 6.45. The molecule has 0 aliphatic carbocycles. The maximum absolute atomic E-state index is 12.8. The second kappa shape index (κ2) is 7.86. The summed E-state index contributed by atoms with van der Waals surface area (Å²) < 4.78 is 12.8. The molecule has 0 heterocycles. The molecule has 19 heavy (non-hydrogen) atoms. The molecule has 0 spiro atoms. The monoisotopic (exact) mass is 269 g/mol. The van der Waals surface area contributed by atoms with Crippen molar-refractivity contribution in [2.45, 2.75) is 32.4 Å². The van der Waals surface area contributed by atoms with Gasteiger partial charge in [0.2, 0.25) is 0 Å². The van der Waals surface area contributed by atoms with Gasteiger partial charge in [-0.15, -0.1) is 0 Å². The molecule has 0 radical (unpaired) electrons. The minimum Gasteiger partial charge on any atom is -0.481 e. The predicted octanol–water partition coefficient (Wildman–Crippen LogP) is 1.87. The second-order valence-electron chi connectivity index (χ2n) is 4.49. The molecular weight excluding hydrogens is 249 g/mol. The lowest BCUT2D eigenvalue weighted by molar-refractivity contribution is -0.137.